The Hall–Kier alpha value is -0.630. The van der Waals surface area contributed by atoms with E-state index < -0.39 is 5.54 Å². The molecule has 0 aromatic heterocycles. The zero-order chi connectivity index (χ0) is 12.3. The molecule has 96 valence electrons. The zero-order valence-corrected chi connectivity index (χ0v) is 10.9. The van der Waals surface area contributed by atoms with Crippen LogP contribution in [0.25, 0.3) is 0 Å². The molecule has 17 heavy (non-hydrogen) atoms. The molecule has 1 saturated carbocycles. The molecule has 4 heteroatoms. The Morgan fingerprint density at radius 3 is 2.76 bits per heavy atom. The molecule has 2 fully saturated rings. The van der Waals surface area contributed by atoms with Gasteiger partial charge in [0, 0.05) is 25.7 Å². The van der Waals surface area contributed by atoms with E-state index in [2.05, 4.69) is 23.3 Å². The number of nitrogens with one attached hydrogen (secondary N) is 1. The summed E-state index contributed by atoms with van der Waals surface area (Å²) in [5, 5.41) is 12.7. The monoisotopic (exact) mass is 237 g/mol. The lowest BCUT2D eigenvalue weighted by Gasteiger charge is -2.30. The van der Waals surface area contributed by atoms with E-state index in [-0.39, 0.29) is 0 Å². The summed E-state index contributed by atoms with van der Waals surface area (Å²) in [6.07, 6.45) is 5.13. The van der Waals surface area contributed by atoms with Crippen LogP contribution >= 0.6 is 0 Å². The summed E-state index contributed by atoms with van der Waals surface area (Å²) in [5.74, 6) is 0. The van der Waals surface area contributed by atoms with E-state index in [0.717, 1.165) is 26.1 Å². The maximum atomic E-state index is 9.30. The molecule has 2 aliphatic rings. The molecular weight excluding hydrogens is 214 g/mol. The van der Waals surface area contributed by atoms with Crippen LogP contribution in [0.2, 0.25) is 0 Å². The van der Waals surface area contributed by atoms with Crippen LogP contribution in [-0.2, 0) is 4.74 Å². The van der Waals surface area contributed by atoms with Crippen LogP contribution in [-0.4, -0.2) is 49.3 Å². The highest BCUT2D eigenvalue weighted by atomic mass is 16.5. The third-order valence-corrected chi connectivity index (χ3v) is 3.47. The van der Waals surface area contributed by atoms with Gasteiger partial charge in [0.25, 0.3) is 0 Å². The Kier molecular flexibility index (Phi) is 4.03. The highest BCUT2D eigenvalue weighted by Crippen LogP contribution is 2.23. The zero-order valence-electron chi connectivity index (χ0n) is 10.9. The molecule has 0 radical (unpaired) electrons. The molecular formula is C13H23N3O. The van der Waals surface area contributed by atoms with Crippen LogP contribution in [0.1, 0.15) is 32.6 Å². The number of rotatable bonds is 6. The molecule has 4 nitrogen and oxygen atoms in total. The average molecular weight is 237 g/mol. The second-order valence-corrected chi connectivity index (χ2v) is 5.69. The fraction of sp³-hybridized carbons (Fsp3) is 0.923. The lowest BCUT2D eigenvalue weighted by atomic mass is 10.0. The maximum absolute atomic E-state index is 9.30. The van der Waals surface area contributed by atoms with Gasteiger partial charge in [-0.3, -0.25) is 5.32 Å². The Labute approximate surface area is 104 Å². The van der Waals surface area contributed by atoms with Crippen LogP contribution in [0.15, 0.2) is 0 Å². The quantitative estimate of drug-likeness (QED) is 0.752. The molecule has 1 N–H and O–H groups in total. The van der Waals surface area contributed by atoms with Gasteiger partial charge in [0.2, 0.25) is 0 Å². The molecule has 0 amide bonds. The predicted molar refractivity (Wildman–Crippen MR) is 66.6 cm³/mol. The molecule has 1 saturated heterocycles. The summed E-state index contributed by atoms with van der Waals surface area (Å²) in [5.41, 5.74) is -0.422. The minimum atomic E-state index is -0.422. The van der Waals surface area contributed by atoms with Crippen molar-refractivity contribution in [3.05, 3.63) is 0 Å². The van der Waals surface area contributed by atoms with Gasteiger partial charge in [0.1, 0.15) is 5.54 Å². The lowest BCUT2D eigenvalue weighted by Crippen LogP contribution is -2.51. The minimum absolute atomic E-state index is 0.365. The first-order valence-corrected chi connectivity index (χ1v) is 6.60. The van der Waals surface area contributed by atoms with Gasteiger partial charge in [-0.05, 0) is 39.7 Å². The molecule has 0 aromatic rings. The van der Waals surface area contributed by atoms with Crippen molar-refractivity contribution in [2.24, 2.45) is 0 Å². The maximum Gasteiger partial charge on any atom is 0.116 e. The van der Waals surface area contributed by atoms with Gasteiger partial charge >= 0.3 is 0 Å². The van der Waals surface area contributed by atoms with Crippen LogP contribution in [0, 0.1) is 11.3 Å². The molecule has 0 spiro atoms. The van der Waals surface area contributed by atoms with E-state index >= 15 is 0 Å². The molecule has 0 bridgehead atoms. The van der Waals surface area contributed by atoms with Gasteiger partial charge in [-0.25, -0.2) is 0 Å². The van der Waals surface area contributed by atoms with Crippen molar-refractivity contribution in [3.63, 3.8) is 0 Å². The molecule has 2 unspecified atom stereocenters. The summed E-state index contributed by atoms with van der Waals surface area (Å²) < 4.78 is 5.62. The normalized spacial score (nSPS) is 28.0. The minimum Gasteiger partial charge on any atom is -0.377 e. The number of nitrogens with zero attached hydrogens (tertiary/aromatic N) is 2. The average Bonchev–Trinajstić information content (AvgIpc) is 2.92. The first kappa shape index (κ1) is 12.8. The Morgan fingerprint density at radius 1 is 1.47 bits per heavy atom. The SMILES string of the molecule is CN(CC1CCCO1)CC(C)(C#N)NC1CC1. The third-order valence-electron chi connectivity index (χ3n) is 3.47. The second-order valence-electron chi connectivity index (χ2n) is 5.69. The lowest BCUT2D eigenvalue weighted by molar-refractivity contribution is 0.0760. The number of likely N-dealkylation sites (N-methyl/N-ethyl adjacent to an activating group) is 1. The van der Waals surface area contributed by atoms with Crippen LogP contribution in [0.4, 0.5) is 0 Å². The Morgan fingerprint density at radius 2 is 2.24 bits per heavy atom. The van der Waals surface area contributed by atoms with Gasteiger partial charge in [-0.1, -0.05) is 0 Å². The largest absolute Gasteiger partial charge is 0.377 e. The van der Waals surface area contributed by atoms with Gasteiger partial charge in [0.15, 0.2) is 0 Å². The number of hydrogen-bond donors (Lipinski definition) is 1. The molecule has 1 aliphatic heterocycles. The van der Waals surface area contributed by atoms with E-state index in [9.17, 15) is 5.26 Å². The first-order chi connectivity index (χ1) is 8.11. The molecule has 1 aliphatic carbocycles. The summed E-state index contributed by atoms with van der Waals surface area (Å²) in [4.78, 5) is 2.22. The van der Waals surface area contributed by atoms with Crippen molar-refractivity contribution in [1.82, 2.24) is 10.2 Å². The van der Waals surface area contributed by atoms with E-state index in [1.54, 1.807) is 0 Å². The summed E-state index contributed by atoms with van der Waals surface area (Å²) in [7, 11) is 2.08. The van der Waals surface area contributed by atoms with Crippen molar-refractivity contribution in [1.29, 1.82) is 5.26 Å². The Bertz CT molecular complexity index is 292. The first-order valence-electron chi connectivity index (χ1n) is 6.60. The number of nitriles is 1. The second kappa shape index (κ2) is 5.34. The van der Waals surface area contributed by atoms with Crippen molar-refractivity contribution >= 4 is 0 Å². The topological polar surface area (TPSA) is 48.3 Å². The van der Waals surface area contributed by atoms with Gasteiger partial charge in [-0.15, -0.1) is 0 Å². The summed E-state index contributed by atoms with van der Waals surface area (Å²) in [6.45, 7) is 4.59. The van der Waals surface area contributed by atoms with Crippen molar-refractivity contribution < 1.29 is 4.74 Å². The van der Waals surface area contributed by atoms with E-state index in [4.69, 9.17) is 4.74 Å². The third kappa shape index (κ3) is 3.95. The summed E-state index contributed by atoms with van der Waals surface area (Å²) in [6, 6.07) is 2.98. The van der Waals surface area contributed by atoms with Crippen LogP contribution in [0.3, 0.4) is 0 Å². The molecule has 1 heterocycles. The van der Waals surface area contributed by atoms with E-state index in [1.807, 2.05) is 6.92 Å². The van der Waals surface area contributed by atoms with E-state index in [1.165, 1.54) is 19.3 Å². The molecule has 0 aromatic carbocycles. The Balaban J connectivity index is 1.77. The standard InChI is InChI=1S/C13H23N3O/c1-13(9-14,15-11-5-6-11)10-16(2)8-12-4-3-7-17-12/h11-12,15H,3-8,10H2,1-2H3. The molecule has 2 atom stereocenters. The van der Waals surface area contributed by atoms with Gasteiger partial charge in [0.05, 0.1) is 12.2 Å². The summed E-state index contributed by atoms with van der Waals surface area (Å²) >= 11 is 0. The van der Waals surface area contributed by atoms with Crippen molar-refractivity contribution in [2.45, 2.75) is 50.3 Å². The highest BCUT2D eigenvalue weighted by molar-refractivity contribution is 5.08. The smallest absolute Gasteiger partial charge is 0.116 e. The molecule has 2 rings (SSSR count). The fourth-order valence-electron chi connectivity index (χ4n) is 2.53. The van der Waals surface area contributed by atoms with Gasteiger partial charge < -0.3 is 9.64 Å². The van der Waals surface area contributed by atoms with Crippen LogP contribution < -0.4 is 5.32 Å². The fourth-order valence-corrected chi connectivity index (χ4v) is 2.53. The van der Waals surface area contributed by atoms with Gasteiger partial charge in [-0.2, -0.15) is 5.26 Å². The van der Waals surface area contributed by atoms with E-state index in [0.29, 0.717) is 12.1 Å². The van der Waals surface area contributed by atoms with Crippen LogP contribution in [0.5, 0.6) is 0 Å². The van der Waals surface area contributed by atoms with Crippen molar-refractivity contribution in [3.8, 4) is 6.07 Å². The highest BCUT2D eigenvalue weighted by Gasteiger charge is 2.33. The van der Waals surface area contributed by atoms with Crippen molar-refractivity contribution in [2.75, 3.05) is 26.7 Å². The number of ether oxygens (including phenoxy) is 1. The predicted octanol–water partition coefficient (Wildman–Crippen LogP) is 1.13. The number of hydrogen-bond acceptors (Lipinski definition) is 4.